The van der Waals surface area contributed by atoms with Gasteiger partial charge in [0.1, 0.15) is 5.82 Å². The molecule has 0 aromatic heterocycles. The summed E-state index contributed by atoms with van der Waals surface area (Å²) < 4.78 is 24.8. The number of nitrogens with one attached hydrogen (secondary N) is 1. The summed E-state index contributed by atoms with van der Waals surface area (Å²) in [6.45, 7) is 8.41. The van der Waals surface area contributed by atoms with Gasteiger partial charge in [-0.3, -0.25) is 4.79 Å². The average Bonchev–Trinajstić information content (AvgIpc) is 2.59. The van der Waals surface area contributed by atoms with Gasteiger partial charge in [-0.25, -0.2) is 4.39 Å². The Bertz CT molecular complexity index is 746. The highest BCUT2D eigenvalue weighted by Crippen LogP contribution is 2.30. The summed E-state index contributed by atoms with van der Waals surface area (Å²) in [6, 6.07) is 9.78. The van der Waals surface area contributed by atoms with Gasteiger partial charge in [0.2, 0.25) is 0 Å². The van der Waals surface area contributed by atoms with Gasteiger partial charge in [-0.05, 0) is 63.1 Å². The Hall–Kier alpha value is -2.56. The highest BCUT2D eigenvalue weighted by Gasteiger charge is 2.15. The molecule has 0 heterocycles. The lowest BCUT2D eigenvalue weighted by molar-refractivity contribution is 0.0939. The van der Waals surface area contributed by atoms with E-state index >= 15 is 0 Å². The van der Waals surface area contributed by atoms with Gasteiger partial charge < -0.3 is 14.8 Å². The first-order valence-electron chi connectivity index (χ1n) is 8.42. The smallest absolute Gasteiger partial charge is 0.251 e. The van der Waals surface area contributed by atoms with Crippen LogP contribution in [-0.4, -0.2) is 19.1 Å². The predicted molar refractivity (Wildman–Crippen MR) is 95.8 cm³/mol. The van der Waals surface area contributed by atoms with Crippen LogP contribution in [0, 0.1) is 12.7 Å². The van der Waals surface area contributed by atoms with Gasteiger partial charge in [-0.1, -0.05) is 12.1 Å². The zero-order chi connectivity index (χ0) is 18.4. The van der Waals surface area contributed by atoms with Crippen molar-refractivity contribution in [2.24, 2.45) is 0 Å². The first-order chi connectivity index (χ1) is 12.0. The lowest BCUT2D eigenvalue weighted by atomic mass is 10.1. The van der Waals surface area contributed by atoms with E-state index in [2.05, 4.69) is 5.32 Å². The summed E-state index contributed by atoms with van der Waals surface area (Å²) in [6.07, 6.45) is 0. The van der Waals surface area contributed by atoms with Crippen molar-refractivity contribution in [3.8, 4) is 11.5 Å². The molecule has 0 saturated carbocycles. The molecular weight excluding hydrogens is 321 g/mol. The van der Waals surface area contributed by atoms with E-state index in [0.29, 0.717) is 35.8 Å². The van der Waals surface area contributed by atoms with Crippen LogP contribution in [0.1, 0.15) is 48.3 Å². The lowest BCUT2D eigenvalue weighted by Gasteiger charge is -2.17. The molecule has 2 aromatic carbocycles. The van der Waals surface area contributed by atoms with Crippen molar-refractivity contribution in [1.82, 2.24) is 5.32 Å². The average molecular weight is 345 g/mol. The van der Waals surface area contributed by atoms with Crippen molar-refractivity contribution in [3.63, 3.8) is 0 Å². The normalized spacial score (nSPS) is 11.7. The second kappa shape index (κ2) is 8.51. The first kappa shape index (κ1) is 18.8. The highest BCUT2D eigenvalue weighted by molar-refractivity contribution is 5.94. The largest absolute Gasteiger partial charge is 0.490 e. The molecule has 0 aliphatic heterocycles. The van der Waals surface area contributed by atoms with E-state index in [-0.39, 0.29) is 17.8 Å². The Morgan fingerprint density at radius 2 is 1.76 bits per heavy atom. The molecule has 1 N–H and O–H groups in total. The summed E-state index contributed by atoms with van der Waals surface area (Å²) in [4.78, 5) is 12.3. The first-order valence-corrected chi connectivity index (χ1v) is 8.42. The molecule has 2 rings (SSSR count). The van der Waals surface area contributed by atoms with Crippen LogP contribution in [0.25, 0.3) is 0 Å². The molecular formula is C20H24FNO3. The molecule has 134 valence electrons. The van der Waals surface area contributed by atoms with Gasteiger partial charge in [0.15, 0.2) is 11.5 Å². The molecule has 0 aliphatic carbocycles. The molecule has 25 heavy (non-hydrogen) atoms. The second-order valence-electron chi connectivity index (χ2n) is 5.73. The van der Waals surface area contributed by atoms with E-state index in [4.69, 9.17) is 9.47 Å². The van der Waals surface area contributed by atoms with Gasteiger partial charge in [0.25, 0.3) is 5.91 Å². The molecule has 0 unspecified atom stereocenters. The van der Waals surface area contributed by atoms with Crippen molar-refractivity contribution in [3.05, 3.63) is 58.9 Å². The molecule has 0 saturated heterocycles. The Morgan fingerprint density at radius 1 is 1.08 bits per heavy atom. The summed E-state index contributed by atoms with van der Waals surface area (Å²) in [5, 5.41) is 2.88. The van der Waals surface area contributed by atoms with Gasteiger partial charge >= 0.3 is 0 Å². The number of hydrogen-bond acceptors (Lipinski definition) is 3. The number of carbonyl (C=O) groups is 1. The van der Waals surface area contributed by atoms with Crippen LogP contribution in [-0.2, 0) is 0 Å². The van der Waals surface area contributed by atoms with Crippen LogP contribution in [0.3, 0.4) is 0 Å². The van der Waals surface area contributed by atoms with Crippen LogP contribution in [0.15, 0.2) is 36.4 Å². The minimum Gasteiger partial charge on any atom is -0.490 e. The Balaban J connectivity index is 2.16. The minimum atomic E-state index is -0.389. The molecule has 0 fully saturated rings. The number of rotatable bonds is 7. The summed E-state index contributed by atoms with van der Waals surface area (Å²) in [5.74, 6) is 0.606. The quantitative estimate of drug-likeness (QED) is 0.808. The van der Waals surface area contributed by atoms with E-state index in [1.807, 2.05) is 39.0 Å². The minimum absolute atomic E-state index is 0.258. The van der Waals surface area contributed by atoms with Crippen molar-refractivity contribution in [1.29, 1.82) is 0 Å². The van der Waals surface area contributed by atoms with E-state index in [9.17, 15) is 9.18 Å². The van der Waals surface area contributed by atoms with Crippen LogP contribution in [0.2, 0.25) is 0 Å². The third-order valence-corrected chi connectivity index (χ3v) is 3.85. The van der Waals surface area contributed by atoms with Gasteiger partial charge in [0.05, 0.1) is 19.3 Å². The third kappa shape index (κ3) is 4.72. The number of halogens is 1. The molecule has 1 amide bonds. The molecule has 5 heteroatoms. The Morgan fingerprint density at radius 3 is 2.40 bits per heavy atom. The number of amides is 1. The number of benzene rings is 2. The summed E-state index contributed by atoms with van der Waals surface area (Å²) in [7, 11) is 0. The molecule has 0 aliphatic rings. The highest BCUT2D eigenvalue weighted by atomic mass is 19.1. The van der Waals surface area contributed by atoms with E-state index in [0.717, 1.165) is 5.56 Å². The van der Waals surface area contributed by atoms with Crippen molar-refractivity contribution in [2.45, 2.75) is 33.7 Å². The molecule has 0 bridgehead atoms. The molecule has 0 spiro atoms. The standard InChI is InChI=1S/C20H24FNO3/c1-5-24-18-10-9-15(12-19(18)25-6-2)14(4)22-20(23)16-8-7-13(3)17(21)11-16/h7-12,14H,5-6H2,1-4H3,(H,22,23)/t14-/m0/s1. The Kier molecular flexibility index (Phi) is 6.39. The number of aryl methyl sites for hydroxylation is 1. The maximum absolute atomic E-state index is 13.6. The monoisotopic (exact) mass is 345 g/mol. The Labute approximate surface area is 148 Å². The van der Waals surface area contributed by atoms with Gasteiger partial charge in [0, 0.05) is 5.56 Å². The van der Waals surface area contributed by atoms with Crippen molar-refractivity contribution >= 4 is 5.91 Å². The fraction of sp³-hybridized carbons (Fsp3) is 0.350. The summed E-state index contributed by atoms with van der Waals surface area (Å²) >= 11 is 0. The van der Waals surface area contributed by atoms with Crippen LogP contribution in [0.4, 0.5) is 4.39 Å². The zero-order valence-corrected chi connectivity index (χ0v) is 15.1. The van der Waals surface area contributed by atoms with E-state index < -0.39 is 0 Å². The molecule has 2 aromatic rings. The maximum atomic E-state index is 13.6. The second-order valence-corrected chi connectivity index (χ2v) is 5.73. The topological polar surface area (TPSA) is 47.6 Å². The fourth-order valence-corrected chi connectivity index (χ4v) is 2.43. The maximum Gasteiger partial charge on any atom is 0.251 e. The lowest BCUT2D eigenvalue weighted by Crippen LogP contribution is -2.26. The van der Waals surface area contributed by atoms with Gasteiger partial charge in [-0.15, -0.1) is 0 Å². The molecule has 4 nitrogen and oxygen atoms in total. The van der Waals surface area contributed by atoms with Crippen molar-refractivity contribution < 1.29 is 18.7 Å². The number of carbonyl (C=O) groups excluding carboxylic acids is 1. The number of ether oxygens (including phenoxy) is 2. The van der Waals surface area contributed by atoms with Gasteiger partial charge in [-0.2, -0.15) is 0 Å². The van der Waals surface area contributed by atoms with Crippen LogP contribution < -0.4 is 14.8 Å². The number of hydrogen-bond donors (Lipinski definition) is 1. The zero-order valence-electron chi connectivity index (χ0n) is 15.1. The van der Waals surface area contributed by atoms with Crippen LogP contribution in [0.5, 0.6) is 11.5 Å². The summed E-state index contributed by atoms with van der Waals surface area (Å²) in [5.41, 5.74) is 1.69. The predicted octanol–water partition coefficient (Wildman–Crippen LogP) is 4.42. The van der Waals surface area contributed by atoms with Crippen molar-refractivity contribution in [2.75, 3.05) is 13.2 Å². The molecule has 0 radical (unpaired) electrons. The van der Waals surface area contributed by atoms with E-state index in [1.165, 1.54) is 6.07 Å². The third-order valence-electron chi connectivity index (χ3n) is 3.85. The fourth-order valence-electron chi connectivity index (χ4n) is 2.43. The molecule has 1 atom stereocenters. The van der Waals surface area contributed by atoms with E-state index in [1.54, 1.807) is 19.1 Å². The van der Waals surface area contributed by atoms with Crippen LogP contribution >= 0.6 is 0 Å². The SMILES string of the molecule is CCOc1ccc([C@H](C)NC(=O)c2ccc(C)c(F)c2)cc1OCC.